The van der Waals surface area contributed by atoms with Crippen LogP contribution in [0, 0.1) is 0 Å². The highest BCUT2D eigenvalue weighted by Gasteiger charge is 1.92. The quantitative estimate of drug-likeness (QED) is 0.605. The number of unbranched alkanes of at least 4 members (excludes halogenated alkanes) is 3. The van der Waals surface area contributed by atoms with Crippen molar-refractivity contribution in [3.8, 4) is 5.75 Å². The van der Waals surface area contributed by atoms with Gasteiger partial charge in [0.05, 0.1) is 13.3 Å². The molecule has 0 aromatic heterocycles. The third kappa shape index (κ3) is 4.85. The molecule has 14 heavy (non-hydrogen) atoms. The van der Waals surface area contributed by atoms with E-state index in [9.17, 15) is 4.39 Å². The van der Waals surface area contributed by atoms with Crippen LogP contribution in [0.4, 0.5) is 4.39 Å². The van der Waals surface area contributed by atoms with Crippen molar-refractivity contribution in [2.24, 2.45) is 0 Å². The molecule has 1 nitrogen and oxygen atoms in total. The average Bonchev–Trinajstić information content (AvgIpc) is 2.25. The summed E-state index contributed by atoms with van der Waals surface area (Å²) in [6.07, 6.45) is 3.71. The molecule has 0 aliphatic heterocycles. The Hall–Kier alpha value is -1.05. The molecule has 0 saturated heterocycles. The molecule has 0 fully saturated rings. The van der Waals surface area contributed by atoms with Crippen LogP contribution in [0.2, 0.25) is 0 Å². The van der Waals surface area contributed by atoms with Crippen LogP contribution in [0.15, 0.2) is 30.3 Å². The van der Waals surface area contributed by atoms with E-state index in [2.05, 4.69) is 0 Å². The Morgan fingerprint density at radius 2 is 1.64 bits per heavy atom. The Morgan fingerprint density at radius 3 is 2.36 bits per heavy atom. The SMILES string of the molecule is FCCCCCCOc1ccccc1. The van der Waals surface area contributed by atoms with E-state index >= 15 is 0 Å². The van der Waals surface area contributed by atoms with Crippen LogP contribution in [-0.4, -0.2) is 13.3 Å². The molecule has 2 heteroatoms. The van der Waals surface area contributed by atoms with Crippen LogP contribution in [-0.2, 0) is 0 Å². The van der Waals surface area contributed by atoms with Gasteiger partial charge in [-0.15, -0.1) is 0 Å². The predicted molar refractivity (Wildman–Crippen MR) is 56.4 cm³/mol. The van der Waals surface area contributed by atoms with Crippen LogP contribution in [0.1, 0.15) is 25.7 Å². The van der Waals surface area contributed by atoms with E-state index < -0.39 is 0 Å². The lowest BCUT2D eigenvalue weighted by atomic mass is 10.2. The van der Waals surface area contributed by atoms with Crippen molar-refractivity contribution in [3.05, 3.63) is 30.3 Å². The third-order valence-electron chi connectivity index (χ3n) is 2.04. The molecule has 1 rings (SSSR count). The Kier molecular flexibility index (Phi) is 5.80. The van der Waals surface area contributed by atoms with Crippen LogP contribution in [0.25, 0.3) is 0 Å². The largest absolute Gasteiger partial charge is 0.494 e. The summed E-state index contributed by atoms with van der Waals surface area (Å²) in [7, 11) is 0. The number of benzene rings is 1. The molecule has 1 aromatic rings. The first-order valence-electron chi connectivity index (χ1n) is 5.17. The predicted octanol–water partition coefficient (Wildman–Crippen LogP) is 3.60. The van der Waals surface area contributed by atoms with E-state index in [4.69, 9.17) is 4.74 Å². The second kappa shape index (κ2) is 7.36. The van der Waals surface area contributed by atoms with Crippen molar-refractivity contribution in [1.29, 1.82) is 0 Å². The van der Waals surface area contributed by atoms with Crippen molar-refractivity contribution in [2.75, 3.05) is 13.3 Å². The van der Waals surface area contributed by atoms with E-state index in [-0.39, 0.29) is 6.67 Å². The van der Waals surface area contributed by atoms with Gasteiger partial charge in [0.25, 0.3) is 0 Å². The van der Waals surface area contributed by atoms with Crippen LogP contribution < -0.4 is 4.74 Å². The topological polar surface area (TPSA) is 9.23 Å². The minimum absolute atomic E-state index is 0.195. The van der Waals surface area contributed by atoms with Gasteiger partial charge in [0.1, 0.15) is 5.75 Å². The lowest BCUT2D eigenvalue weighted by Crippen LogP contribution is -1.96. The molecule has 0 N–H and O–H groups in total. The fourth-order valence-corrected chi connectivity index (χ4v) is 1.26. The molecule has 0 heterocycles. The first kappa shape index (κ1) is 11.0. The maximum absolute atomic E-state index is 11.7. The van der Waals surface area contributed by atoms with Gasteiger partial charge in [-0.05, 0) is 31.4 Å². The summed E-state index contributed by atoms with van der Waals surface area (Å²) in [6.45, 7) is 0.538. The summed E-state index contributed by atoms with van der Waals surface area (Å²) in [5.41, 5.74) is 0. The zero-order chi connectivity index (χ0) is 10.1. The van der Waals surface area contributed by atoms with Crippen molar-refractivity contribution in [1.82, 2.24) is 0 Å². The molecular formula is C12H17FO. The van der Waals surface area contributed by atoms with E-state index in [0.29, 0.717) is 6.42 Å². The van der Waals surface area contributed by atoms with Gasteiger partial charge in [-0.1, -0.05) is 24.6 Å². The van der Waals surface area contributed by atoms with Crippen LogP contribution in [0.5, 0.6) is 5.75 Å². The highest BCUT2D eigenvalue weighted by atomic mass is 19.1. The second-order valence-corrected chi connectivity index (χ2v) is 3.26. The van der Waals surface area contributed by atoms with E-state index in [1.54, 1.807) is 0 Å². The molecule has 0 saturated carbocycles. The molecule has 1 aromatic carbocycles. The van der Waals surface area contributed by atoms with Gasteiger partial charge >= 0.3 is 0 Å². The van der Waals surface area contributed by atoms with Gasteiger partial charge in [0.2, 0.25) is 0 Å². The average molecular weight is 196 g/mol. The number of alkyl halides is 1. The number of hydrogen-bond acceptors (Lipinski definition) is 1. The molecule has 0 bridgehead atoms. The highest BCUT2D eigenvalue weighted by Crippen LogP contribution is 2.09. The molecule has 0 amide bonds. The van der Waals surface area contributed by atoms with E-state index in [1.165, 1.54) is 0 Å². The minimum atomic E-state index is -0.195. The third-order valence-corrected chi connectivity index (χ3v) is 2.04. The maximum atomic E-state index is 11.7. The summed E-state index contributed by atoms with van der Waals surface area (Å²) >= 11 is 0. The fraction of sp³-hybridized carbons (Fsp3) is 0.500. The molecule has 78 valence electrons. The first-order valence-corrected chi connectivity index (χ1v) is 5.17. The second-order valence-electron chi connectivity index (χ2n) is 3.26. The standard InChI is InChI=1S/C12H17FO/c13-10-6-1-2-7-11-14-12-8-4-3-5-9-12/h3-5,8-9H,1-2,6-7,10-11H2. The summed E-state index contributed by atoms with van der Waals surface area (Å²) in [5.74, 6) is 0.915. The Morgan fingerprint density at radius 1 is 0.929 bits per heavy atom. The molecule has 0 unspecified atom stereocenters. The van der Waals surface area contributed by atoms with Gasteiger partial charge in [-0.25, -0.2) is 0 Å². The highest BCUT2D eigenvalue weighted by molar-refractivity contribution is 5.20. The first-order chi connectivity index (χ1) is 6.93. The van der Waals surface area contributed by atoms with Gasteiger partial charge in [0, 0.05) is 0 Å². The fourth-order valence-electron chi connectivity index (χ4n) is 1.26. The monoisotopic (exact) mass is 196 g/mol. The van der Waals surface area contributed by atoms with Crippen molar-refractivity contribution >= 4 is 0 Å². The van der Waals surface area contributed by atoms with Crippen LogP contribution >= 0.6 is 0 Å². The molecule has 0 aliphatic rings. The smallest absolute Gasteiger partial charge is 0.119 e. The van der Waals surface area contributed by atoms with Crippen molar-refractivity contribution in [3.63, 3.8) is 0 Å². The normalized spacial score (nSPS) is 10.1. The Labute approximate surface area is 84.9 Å². The molecular weight excluding hydrogens is 179 g/mol. The lowest BCUT2D eigenvalue weighted by Gasteiger charge is -2.04. The summed E-state index contributed by atoms with van der Waals surface area (Å²) in [5, 5.41) is 0. The zero-order valence-electron chi connectivity index (χ0n) is 8.42. The molecule has 0 radical (unpaired) electrons. The number of halogens is 1. The van der Waals surface area contributed by atoms with Crippen molar-refractivity contribution < 1.29 is 9.13 Å². The van der Waals surface area contributed by atoms with Gasteiger partial charge in [-0.2, -0.15) is 0 Å². The molecule has 0 aliphatic carbocycles. The van der Waals surface area contributed by atoms with Gasteiger partial charge < -0.3 is 4.74 Å². The Balaban J connectivity index is 1.99. The van der Waals surface area contributed by atoms with E-state index in [1.807, 2.05) is 30.3 Å². The number of para-hydroxylation sites is 1. The number of ether oxygens (including phenoxy) is 1. The lowest BCUT2D eigenvalue weighted by molar-refractivity contribution is 0.303. The van der Waals surface area contributed by atoms with Crippen LogP contribution in [0.3, 0.4) is 0 Å². The summed E-state index contributed by atoms with van der Waals surface area (Å²) < 4.78 is 17.2. The maximum Gasteiger partial charge on any atom is 0.119 e. The minimum Gasteiger partial charge on any atom is -0.494 e. The van der Waals surface area contributed by atoms with Gasteiger partial charge in [-0.3, -0.25) is 4.39 Å². The van der Waals surface area contributed by atoms with Gasteiger partial charge in [0.15, 0.2) is 0 Å². The molecule has 0 spiro atoms. The summed E-state index contributed by atoms with van der Waals surface area (Å²) in [6, 6.07) is 9.77. The van der Waals surface area contributed by atoms with Crippen molar-refractivity contribution in [2.45, 2.75) is 25.7 Å². The number of hydrogen-bond donors (Lipinski definition) is 0. The van der Waals surface area contributed by atoms with E-state index in [0.717, 1.165) is 31.6 Å². The zero-order valence-corrected chi connectivity index (χ0v) is 8.42. The number of rotatable bonds is 7. The molecule has 0 atom stereocenters. The summed E-state index contributed by atoms with van der Waals surface area (Å²) in [4.78, 5) is 0. The Bertz CT molecular complexity index is 223.